The first kappa shape index (κ1) is 15.2. The molecule has 0 N–H and O–H groups in total. The van der Waals surface area contributed by atoms with Crippen LogP contribution in [0.5, 0.6) is 0 Å². The van der Waals surface area contributed by atoms with Gasteiger partial charge in [0.05, 0.1) is 10.0 Å². The van der Waals surface area contributed by atoms with E-state index in [4.69, 9.17) is 68.0 Å². The highest BCUT2D eigenvalue weighted by molar-refractivity contribution is 7.64. The largest absolute Gasteiger partial charge is 0.341 e. The Labute approximate surface area is 125 Å². The molecule has 16 heavy (non-hydrogen) atoms. The van der Waals surface area contributed by atoms with Crippen molar-refractivity contribution in [1.29, 1.82) is 0 Å². The van der Waals surface area contributed by atoms with Gasteiger partial charge < -0.3 is 0 Å². The second-order valence-electron chi connectivity index (χ2n) is 3.29. The third kappa shape index (κ3) is 4.81. The van der Waals surface area contributed by atoms with Gasteiger partial charge >= 0.3 is 6.00 Å². The number of halogens is 6. The lowest BCUT2D eigenvalue weighted by Crippen LogP contribution is -2.08. The van der Waals surface area contributed by atoms with Crippen molar-refractivity contribution in [1.82, 2.24) is 0 Å². The van der Waals surface area contributed by atoms with Crippen LogP contribution in [0, 0.1) is 0 Å². The number of hydrogen-bond acceptors (Lipinski definition) is 0. The van der Waals surface area contributed by atoms with Crippen molar-refractivity contribution in [3.8, 4) is 0 Å². The van der Waals surface area contributed by atoms with Crippen molar-refractivity contribution in [2.75, 3.05) is 0 Å². The number of rotatable bonds is 4. The Bertz CT molecular complexity index is 373. The lowest BCUT2D eigenvalue weighted by Gasteiger charge is -2.10. The van der Waals surface area contributed by atoms with E-state index in [1.54, 1.807) is 12.1 Å². The van der Waals surface area contributed by atoms with E-state index in [-0.39, 0.29) is 0 Å². The third-order valence-corrected chi connectivity index (χ3v) is 5.84. The minimum Gasteiger partial charge on any atom is -0.126 e. The number of benzene rings is 1. The van der Waals surface area contributed by atoms with Crippen LogP contribution in [-0.4, -0.2) is 6.00 Å². The normalized spacial score (nSPS) is 11.9. The second kappa shape index (κ2) is 6.37. The van der Waals surface area contributed by atoms with Gasteiger partial charge in [-0.05, 0) is 36.6 Å². The van der Waals surface area contributed by atoms with Crippen molar-refractivity contribution in [3.05, 3.63) is 32.8 Å². The van der Waals surface area contributed by atoms with Crippen LogP contribution in [0.1, 0.15) is 12.0 Å². The van der Waals surface area contributed by atoms with Crippen molar-refractivity contribution in [2.45, 2.75) is 18.9 Å². The summed E-state index contributed by atoms with van der Waals surface area (Å²) >= 11 is 35.3. The smallest absolute Gasteiger partial charge is 0.126 e. The minimum atomic E-state index is -2.56. The van der Waals surface area contributed by atoms with E-state index in [1.165, 1.54) is 0 Å². The molecule has 0 aliphatic carbocycles. The van der Waals surface area contributed by atoms with Crippen LogP contribution in [0.2, 0.25) is 21.1 Å². The lowest BCUT2D eigenvalue weighted by molar-refractivity contribution is 0.915. The summed E-state index contributed by atoms with van der Waals surface area (Å²) in [5.74, 6) is 0. The first-order chi connectivity index (χ1) is 7.31. The zero-order chi connectivity index (χ0) is 12.3. The average molecular weight is 357 g/mol. The van der Waals surface area contributed by atoms with Gasteiger partial charge in [0.15, 0.2) is 0 Å². The predicted molar refractivity (Wildman–Crippen MR) is 77.9 cm³/mol. The van der Waals surface area contributed by atoms with Gasteiger partial charge in [0, 0.05) is 5.02 Å². The summed E-state index contributed by atoms with van der Waals surface area (Å²) in [6.45, 7) is 0. The summed E-state index contributed by atoms with van der Waals surface area (Å²) < 4.78 is 0. The molecule has 90 valence electrons. The molecule has 0 aliphatic heterocycles. The molecule has 1 rings (SSSR count). The maximum atomic E-state index is 6.04. The fraction of sp³-hybridized carbons (Fsp3) is 0.333. The molecule has 1 aromatic carbocycles. The number of hydrogen-bond donors (Lipinski definition) is 0. The first-order valence-corrected chi connectivity index (χ1v) is 10.9. The summed E-state index contributed by atoms with van der Waals surface area (Å²) in [7, 11) is 0. The van der Waals surface area contributed by atoms with E-state index in [0.717, 1.165) is 12.0 Å². The zero-order valence-corrected chi connectivity index (χ0v) is 13.6. The Balaban J connectivity index is 2.71. The minimum absolute atomic E-state index is 0.486. The van der Waals surface area contributed by atoms with Crippen molar-refractivity contribution in [2.24, 2.45) is 0 Å². The molecule has 0 unspecified atom stereocenters. The van der Waals surface area contributed by atoms with E-state index in [9.17, 15) is 0 Å². The van der Waals surface area contributed by atoms with E-state index < -0.39 is 6.00 Å². The molecule has 0 radical (unpaired) electrons. The molecule has 0 saturated heterocycles. The van der Waals surface area contributed by atoms with E-state index in [2.05, 4.69) is 0 Å². The second-order valence-corrected chi connectivity index (χ2v) is 13.8. The van der Waals surface area contributed by atoms with Crippen LogP contribution in [0.15, 0.2) is 12.1 Å². The van der Waals surface area contributed by atoms with Crippen molar-refractivity contribution < 1.29 is 0 Å². The zero-order valence-electron chi connectivity index (χ0n) is 8.04. The molecule has 0 spiro atoms. The molecule has 0 bridgehead atoms. The van der Waals surface area contributed by atoms with Gasteiger partial charge in [0.1, 0.15) is 0 Å². The maximum absolute atomic E-state index is 6.04. The summed E-state index contributed by atoms with van der Waals surface area (Å²) in [6, 6.07) is 1.40. The van der Waals surface area contributed by atoms with Crippen LogP contribution < -0.4 is 0 Å². The van der Waals surface area contributed by atoms with Gasteiger partial charge in [-0.1, -0.05) is 34.8 Å². The Morgan fingerprint density at radius 1 is 0.938 bits per heavy atom. The van der Waals surface area contributed by atoms with Crippen LogP contribution in [0.25, 0.3) is 0 Å². The van der Waals surface area contributed by atoms with Crippen LogP contribution in [-0.2, 0) is 6.42 Å². The highest BCUT2D eigenvalue weighted by Crippen LogP contribution is 2.34. The van der Waals surface area contributed by atoms with Gasteiger partial charge in [-0.2, -0.15) is 0 Å². The first-order valence-electron chi connectivity index (χ1n) is 4.50. The average Bonchev–Trinajstić information content (AvgIpc) is 2.16. The maximum Gasteiger partial charge on any atom is 0.341 e. The highest BCUT2D eigenvalue weighted by atomic mass is 35.8. The van der Waals surface area contributed by atoms with Gasteiger partial charge in [-0.15, -0.1) is 33.2 Å². The monoisotopic (exact) mass is 354 g/mol. The SMILES string of the molecule is Clc1ccc(Cl)c(CCC[Si](Cl)(Cl)Cl)c1Cl. The fourth-order valence-corrected chi connectivity index (χ4v) is 3.78. The van der Waals surface area contributed by atoms with Crippen LogP contribution in [0.3, 0.4) is 0 Å². The topological polar surface area (TPSA) is 0 Å². The standard InChI is InChI=1S/C9H8Cl6Si/c10-7-3-4-8(11)9(12)6(7)2-1-5-16(13,14)15/h3-4H,1-2,5H2. The molecule has 0 saturated carbocycles. The Kier molecular flexibility index (Phi) is 6.07. The van der Waals surface area contributed by atoms with Gasteiger partial charge in [0.2, 0.25) is 0 Å². The van der Waals surface area contributed by atoms with Crippen molar-refractivity contribution >= 4 is 74.0 Å². The molecule has 0 fully saturated rings. The molecule has 0 aromatic heterocycles. The van der Waals surface area contributed by atoms with Gasteiger partial charge in [-0.25, -0.2) is 0 Å². The third-order valence-electron chi connectivity index (χ3n) is 2.03. The summed E-state index contributed by atoms with van der Waals surface area (Å²) in [5, 5.41) is 1.58. The van der Waals surface area contributed by atoms with Crippen LogP contribution >= 0.6 is 68.0 Å². The molecule has 0 atom stereocenters. The summed E-state index contributed by atoms with van der Waals surface area (Å²) in [4.78, 5) is 0. The molecular formula is C9H8Cl6Si. The van der Waals surface area contributed by atoms with Crippen molar-refractivity contribution in [3.63, 3.8) is 0 Å². The Morgan fingerprint density at radius 3 is 2.06 bits per heavy atom. The fourth-order valence-electron chi connectivity index (χ4n) is 1.26. The Hall–Kier alpha value is 1.18. The quantitative estimate of drug-likeness (QED) is 0.340. The summed E-state index contributed by atoms with van der Waals surface area (Å²) in [6.07, 6.45) is 1.40. The van der Waals surface area contributed by atoms with Gasteiger partial charge in [-0.3, -0.25) is 0 Å². The lowest BCUT2D eigenvalue weighted by atomic mass is 10.1. The molecule has 1 aromatic rings. The molecule has 0 aliphatic rings. The molecule has 7 heteroatoms. The Morgan fingerprint density at radius 2 is 1.50 bits per heavy atom. The summed E-state index contributed by atoms with van der Waals surface area (Å²) in [5.41, 5.74) is 0.819. The molecule has 0 amide bonds. The molecule has 0 nitrogen and oxygen atoms in total. The van der Waals surface area contributed by atoms with E-state index >= 15 is 0 Å². The van der Waals surface area contributed by atoms with E-state index in [1.807, 2.05) is 0 Å². The predicted octanol–water partition coefficient (Wildman–Crippen LogP) is 6.23. The van der Waals surface area contributed by atoms with E-state index in [0.29, 0.717) is 27.5 Å². The molecule has 0 heterocycles. The van der Waals surface area contributed by atoms with Crippen LogP contribution in [0.4, 0.5) is 0 Å². The molecular weight excluding hydrogens is 349 g/mol. The highest BCUT2D eigenvalue weighted by Gasteiger charge is 2.24. The van der Waals surface area contributed by atoms with Gasteiger partial charge in [0.25, 0.3) is 0 Å².